The molecule has 1 N–H and O–H groups in total. The number of amides is 1. The summed E-state index contributed by atoms with van der Waals surface area (Å²) in [4.78, 5) is 17.8. The van der Waals surface area contributed by atoms with Crippen molar-refractivity contribution in [2.75, 3.05) is 54.4 Å². The Bertz CT molecular complexity index is 281. The van der Waals surface area contributed by atoms with Gasteiger partial charge in [-0.05, 0) is 47.6 Å². The fourth-order valence-electron chi connectivity index (χ4n) is 2.49. The number of hydrogen-bond acceptors (Lipinski definition) is 4. The first kappa shape index (κ1) is 15.4. The third-order valence-electron chi connectivity index (χ3n) is 3.29. The summed E-state index contributed by atoms with van der Waals surface area (Å²) in [5.74, 6) is 0.173. The van der Waals surface area contributed by atoms with Crippen LogP contribution in [0.1, 0.15) is 19.3 Å². The Morgan fingerprint density at radius 3 is 2.50 bits per heavy atom. The first-order valence-electron chi connectivity index (χ1n) is 6.62. The van der Waals surface area contributed by atoms with Crippen LogP contribution < -0.4 is 0 Å². The molecule has 106 valence electrons. The van der Waals surface area contributed by atoms with E-state index in [-0.39, 0.29) is 5.91 Å². The van der Waals surface area contributed by atoms with Crippen LogP contribution in [0.5, 0.6) is 0 Å². The van der Waals surface area contributed by atoms with Crippen LogP contribution in [-0.4, -0.2) is 85.7 Å². The van der Waals surface area contributed by atoms with Crippen LogP contribution in [0.15, 0.2) is 0 Å². The normalized spacial score (nSPS) is 24.3. The van der Waals surface area contributed by atoms with Gasteiger partial charge in [0.2, 0.25) is 5.91 Å². The van der Waals surface area contributed by atoms with Gasteiger partial charge in [-0.15, -0.1) is 0 Å². The number of likely N-dealkylation sites (tertiary alicyclic amines) is 1. The average molecular weight is 257 g/mol. The number of hydrogen-bond donors (Lipinski definition) is 1. The minimum absolute atomic E-state index is 0.173. The van der Waals surface area contributed by atoms with Crippen LogP contribution >= 0.6 is 0 Å². The van der Waals surface area contributed by atoms with Gasteiger partial charge in [-0.1, -0.05) is 0 Å². The molecular weight excluding hydrogens is 230 g/mol. The first-order valence-corrected chi connectivity index (χ1v) is 6.62. The zero-order valence-electron chi connectivity index (χ0n) is 12.1. The highest BCUT2D eigenvalue weighted by Crippen LogP contribution is 2.22. The van der Waals surface area contributed by atoms with E-state index >= 15 is 0 Å². The van der Waals surface area contributed by atoms with Gasteiger partial charge >= 0.3 is 0 Å². The maximum Gasteiger partial charge on any atom is 0.222 e. The van der Waals surface area contributed by atoms with E-state index in [4.69, 9.17) is 0 Å². The fourth-order valence-corrected chi connectivity index (χ4v) is 2.49. The topological polar surface area (TPSA) is 47.0 Å². The van der Waals surface area contributed by atoms with Gasteiger partial charge in [0.1, 0.15) is 0 Å². The van der Waals surface area contributed by atoms with E-state index < -0.39 is 5.60 Å². The summed E-state index contributed by atoms with van der Waals surface area (Å²) in [5.41, 5.74) is -0.722. The third-order valence-corrected chi connectivity index (χ3v) is 3.29. The number of carbonyl (C=O) groups excluding carboxylic acids is 1. The molecule has 0 aromatic rings. The summed E-state index contributed by atoms with van der Waals surface area (Å²) in [6, 6.07) is 0. The number of nitrogens with zero attached hydrogens (tertiary/aromatic N) is 3. The van der Waals surface area contributed by atoms with Crippen LogP contribution in [0.3, 0.4) is 0 Å². The largest absolute Gasteiger partial charge is 0.387 e. The predicted octanol–water partition coefficient (Wildman–Crippen LogP) is -0.147. The second-order valence-corrected chi connectivity index (χ2v) is 5.93. The second-order valence-electron chi connectivity index (χ2n) is 5.93. The SMILES string of the molecule is CN(C)CCCC(=O)N1CC[C@@](O)(CN(C)C)C1. The highest BCUT2D eigenvalue weighted by atomic mass is 16.3. The lowest BCUT2D eigenvalue weighted by atomic mass is 10.0. The molecule has 0 aromatic heterocycles. The van der Waals surface area contributed by atoms with Crippen molar-refractivity contribution in [2.24, 2.45) is 0 Å². The molecule has 1 saturated heterocycles. The summed E-state index contributed by atoms with van der Waals surface area (Å²) in [6.45, 7) is 2.72. The van der Waals surface area contributed by atoms with Crippen molar-refractivity contribution in [1.82, 2.24) is 14.7 Å². The van der Waals surface area contributed by atoms with Crippen LogP contribution in [0.25, 0.3) is 0 Å². The lowest BCUT2D eigenvalue weighted by Crippen LogP contribution is -2.43. The van der Waals surface area contributed by atoms with Crippen molar-refractivity contribution in [3.05, 3.63) is 0 Å². The highest BCUT2D eigenvalue weighted by molar-refractivity contribution is 5.76. The lowest BCUT2D eigenvalue weighted by Gasteiger charge is -2.26. The molecule has 1 aliphatic heterocycles. The zero-order valence-corrected chi connectivity index (χ0v) is 12.1. The average Bonchev–Trinajstić information content (AvgIpc) is 2.58. The van der Waals surface area contributed by atoms with Gasteiger partial charge in [-0.2, -0.15) is 0 Å². The summed E-state index contributed by atoms with van der Waals surface area (Å²) in [7, 11) is 7.91. The number of carbonyl (C=O) groups is 1. The maximum atomic E-state index is 12.0. The number of likely N-dealkylation sites (N-methyl/N-ethyl adjacent to an activating group) is 1. The molecule has 5 heteroatoms. The van der Waals surface area contributed by atoms with Crippen LogP contribution in [0, 0.1) is 0 Å². The van der Waals surface area contributed by atoms with Crippen molar-refractivity contribution in [3.63, 3.8) is 0 Å². The smallest absolute Gasteiger partial charge is 0.222 e. The van der Waals surface area contributed by atoms with E-state index in [0.29, 0.717) is 32.5 Å². The van der Waals surface area contributed by atoms with Gasteiger partial charge in [0.05, 0.1) is 12.1 Å². The molecule has 0 radical (unpaired) electrons. The molecule has 0 aromatic carbocycles. The Morgan fingerprint density at radius 1 is 1.28 bits per heavy atom. The fraction of sp³-hybridized carbons (Fsp3) is 0.923. The molecule has 1 aliphatic rings. The zero-order chi connectivity index (χ0) is 13.8. The Labute approximate surface area is 110 Å². The molecule has 1 amide bonds. The molecule has 0 spiro atoms. The number of aliphatic hydroxyl groups is 1. The van der Waals surface area contributed by atoms with Crippen molar-refractivity contribution < 1.29 is 9.90 Å². The Morgan fingerprint density at radius 2 is 1.94 bits per heavy atom. The number of rotatable bonds is 6. The van der Waals surface area contributed by atoms with E-state index in [1.54, 1.807) is 4.90 Å². The van der Waals surface area contributed by atoms with Gasteiger partial charge in [0.25, 0.3) is 0 Å². The molecule has 0 aliphatic carbocycles. The molecule has 0 unspecified atom stereocenters. The van der Waals surface area contributed by atoms with E-state index in [2.05, 4.69) is 4.90 Å². The quantitative estimate of drug-likeness (QED) is 0.719. The predicted molar refractivity (Wildman–Crippen MR) is 72.5 cm³/mol. The molecule has 1 atom stereocenters. The summed E-state index contributed by atoms with van der Waals surface area (Å²) in [5, 5.41) is 10.4. The molecule has 18 heavy (non-hydrogen) atoms. The second kappa shape index (κ2) is 6.50. The molecule has 1 fully saturated rings. The Balaban J connectivity index is 2.34. The maximum absolute atomic E-state index is 12.0. The van der Waals surface area contributed by atoms with Gasteiger partial charge < -0.3 is 19.8 Å². The van der Waals surface area contributed by atoms with Crippen molar-refractivity contribution in [2.45, 2.75) is 24.9 Å². The van der Waals surface area contributed by atoms with Crippen LogP contribution in [-0.2, 0) is 4.79 Å². The highest BCUT2D eigenvalue weighted by Gasteiger charge is 2.38. The van der Waals surface area contributed by atoms with Crippen molar-refractivity contribution >= 4 is 5.91 Å². The van der Waals surface area contributed by atoms with E-state index in [9.17, 15) is 9.90 Å². The standard InChI is InChI=1S/C13H27N3O2/c1-14(2)8-5-6-12(17)16-9-7-13(18,11-16)10-15(3)4/h18H,5-11H2,1-4H3/t13-/m1/s1. The molecule has 5 nitrogen and oxygen atoms in total. The molecule has 0 bridgehead atoms. The van der Waals surface area contributed by atoms with Gasteiger partial charge in [-0.3, -0.25) is 4.79 Å². The minimum Gasteiger partial charge on any atom is -0.387 e. The molecular formula is C13H27N3O2. The molecule has 1 rings (SSSR count). The van der Waals surface area contributed by atoms with Crippen LogP contribution in [0.2, 0.25) is 0 Å². The Kier molecular flexibility index (Phi) is 5.56. The minimum atomic E-state index is -0.722. The van der Waals surface area contributed by atoms with E-state index in [0.717, 1.165) is 13.0 Å². The van der Waals surface area contributed by atoms with Gasteiger partial charge in [0, 0.05) is 19.5 Å². The summed E-state index contributed by atoms with van der Waals surface area (Å²) in [6.07, 6.45) is 2.15. The van der Waals surface area contributed by atoms with Crippen LogP contribution in [0.4, 0.5) is 0 Å². The van der Waals surface area contributed by atoms with E-state index in [1.165, 1.54) is 0 Å². The molecule has 1 heterocycles. The summed E-state index contributed by atoms with van der Waals surface area (Å²) >= 11 is 0. The third kappa shape index (κ3) is 4.92. The monoisotopic (exact) mass is 257 g/mol. The Hall–Kier alpha value is -0.650. The van der Waals surface area contributed by atoms with Crippen molar-refractivity contribution in [1.29, 1.82) is 0 Å². The number of β-amino-alcohol motifs (C(OH)–C–C–N with tert-alkyl or cyclic N) is 1. The van der Waals surface area contributed by atoms with Gasteiger partial charge in [0.15, 0.2) is 0 Å². The first-order chi connectivity index (χ1) is 8.32. The van der Waals surface area contributed by atoms with Gasteiger partial charge in [-0.25, -0.2) is 0 Å². The molecule has 0 saturated carbocycles. The van der Waals surface area contributed by atoms with E-state index in [1.807, 2.05) is 33.1 Å². The summed E-state index contributed by atoms with van der Waals surface area (Å²) < 4.78 is 0. The lowest BCUT2D eigenvalue weighted by molar-refractivity contribution is -0.131. The van der Waals surface area contributed by atoms with Crippen molar-refractivity contribution in [3.8, 4) is 0 Å².